The number of aryl methyl sites for hydroxylation is 1. The lowest BCUT2D eigenvalue weighted by atomic mass is 9.86. The molecular weight excluding hydrogens is 279 g/mol. The summed E-state index contributed by atoms with van der Waals surface area (Å²) >= 11 is 0. The molecule has 21 heavy (non-hydrogen) atoms. The zero-order chi connectivity index (χ0) is 14.6. The van der Waals surface area contributed by atoms with E-state index in [9.17, 15) is 13.2 Å². The number of halogens is 3. The van der Waals surface area contributed by atoms with E-state index in [0.29, 0.717) is 5.75 Å². The molecule has 0 saturated heterocycles. The highest BCUT2D eigenvalue weighted by atomic mass is 19.4. The number of anilines is 1. The second-order valence-corrected chi connectivity index (χ2v) is 5.86. The highest BCUT2D eigenvalue weighted by Gasteiger charge is 2.40. The molecule has 0 bridgehead atoms. The molecule has 0 unspecified atom stereocenters. The molecule has 3 aliphatic rings. The van der Waals surface area contributed by atoms with Crippen molar-refractivity contribution in [1.82, 2.24) is 0 Å². The zero-order valence-corrected chi connectivity index (χ0v) is 11.6. The third-order valence-electron chi connectivity index (χ3n) is 4.58. The number of alkyl halides is 3. The first-order chi connectivity index (χ1) is 10.1. The van der Waals surface area contributed by atoms with Gasteiger partial charge < -0.3 is 9.64 Å². The van der Waals surface area contributed by atoms with Gasteiger partial charge in [-0.15, -0.1) is 0 Å². The van der Waals surface area contributed by atoms with E-state index in [2.05, 4.69) is 4.90 Å². The molecule has 0 amide bonds. The van der Waals surface area contributed by atoms with Gasteiger partial charge in [-0.25, -0.2) is 0 Å². The molecule has 4 rings (SSSR count). The van der Waals surface area contributed by atoms with Gasteiger partial charge in [0.1, 0.15) is 12.4 Å². The quantitative estimate of drug-likeness (QED) is 0.723. The average Bonchev–Trinajstić information content (AvgIpc) is 2.46. The van der Waals surface area contributed by atoms with Crippen molar-refractivity contribution in [3.63, 3.8) is 0 Å². The van der Waals surface area contributed by atoms with Gasteiger partial charge >= 0.3 is 6.18 Å². The van der Waals surface area contributed by atoms with Crippen LogP contribution in [0, 0.1) is 0 Å². The molecule has 1 aromatic carbocycles. The van der Waals surface area contributed by atoms with Crippen molar-refractivity contribution in [2.24, 2.45) is 0 Å². The Morgan fingerprint density at radius 1 is 1.10 bits per heavy atom. The fraction of sp³-hybridized carbons (Fsp3) is 0.500. The van der Waals surface area contributed by atoms with Crippen LogP contribution in [0.25, 0.3) is 5.57 Å². The van der Waals surface area contributed by atoms with E-state index in [4.69, 9.17) is 4.74 Å². The molecule has 0 fully saturated rings. The second-order valence-electron chi connectivity index (χ2n) is 5.86. The molecule has 0 aromatic heterocycles. The van der Waals surface area contributed by atoms with Crippen molar-refractivity contribution in [1.29, 1.82) is 0 Å². The summed E-state index contributed by atoms with van der Waals surface area (Å²) in [6.45, 7) is 2.01. The molecule has 112 valence electrons. The summed E-state index contributed by atoms with van der Waals surface area (Å²) in [5.41, 5.74) is 2.89. The highest BCUT2D eigenvalue weighted by Crippen LogP contribution is 2.48. The average molecular weight is 295 g/mol. The van der Waals surface area contributed by atoms with Gasteiger partial charge in [0.15, 0.2) is 0 Å². The standard InChI is InChI=1S/C16H16F3NO/c17-16(18,19)13-5-8-21-15-11-4-2-7-20-6-1-3-10(14(11)20)9-12(13)15/h5,9H,1-4,6-8H2. The minimum atomic E-state index is -4.32. The van der Waals surface area contributed by atoms with Gasteiger partial charge in [-0.05, 0) is 43.4 Å². The molecule has 1 aromatic rings. The number of hydrogen-bond acceptors (Lipinski definition) is 2. The third kappa shape index (κ3) is 1.93. The molecule has 3 aliphatic heterocycles. The Morgan fingerprint density at radius 3 is 2.62 bits per heavy atom. The van der Waals surface area contributed by atoms with Crippen LogP contribution in [0.1, 0.15) is 29.5 Å². The van der Waals surface area contributed by atoms with E-state index in [1.54, 1.807) is 6.07 Å². The fourth-order valence-corrected chi connectivity index (χ4v) is 3.78. The summed E-state index contributed by atoms with van der Waals surface area (Å²) in [6, 6.07) is 1.71. The number of ether oxygens (including phenoxy) is 1. The smallest absolute Gasteiger partial charge is 0.416 e. The Kier molecular flexibility index (Phi) is 2.75. The summed E-state index contributed by atoms with van der Waals surface area (Å²) in [5, 5.41) is 0. The lowest BCUT2D eigenvalue weighted by Gasteiger charge is -2.39. The summed E-state index contributed by atoms with van der Waals surface area (Å²) < 4.78 is 45.3. The van der Waals surface area contributed by atoms with E-state index >= 15 is 0 Å². The molecule has 0 atom stereocenters. The third-order valence-corrected chi connectivity index (χ3v) is 4.58. The van der Waals surface area contributed by atoms with Crippen molar-refractivity contribution < 1.29 is 17.9 Å². The van der Waals surface area contributed by atoms with Gasteiger partial charge in [0.05, 0.1) is 5.57 Å². The van der Waals surface area contributed by atoms with Gasteiger partial charge in [-0.3, -0.25) is 0 Å². The first-order valence-corrected chi connectivity index (χ1v) is 7.40. The summed E-state index contributed by atoms with van der Waals surface area (Å²) in [4.78, 5) is 2.31. The van der Waals surface area contributed by atoms with Crippen LogP contribution in [0.2, 0.25) is 0 Å². The molecule has 0 saturated carbocycles. The molecule has 2 nitrogen and oxygen atoms in total. The highest BCUT2D eigenvalue weighted by molar-refractivity contribution is 5.82. The first kappa shape index (κ1) is 13.0. The predicted molar refractivity (Wildman–Crippen MR) is 74.8 cm³/mol. The molecule has 0 spiro atoms. The van der Waals surface area contributed by atoms with Gasteiger partial charge in [0.2, 0.25) is 0 Å². The summed E-state index contributed by atoms with van der Waals surface area (Å²) in [6.07, 6.45) is 0.506. The zero-order valence-electron chi connectivity index (χ0n) is 11.6. The number of nitrogens with zero attached hydrogens (tertiary/aromatic N) is 1. The number of rotatable bonds is 0. The number of hydrogen-bond donors (Lipinski definition) is 0. The van der Waals surface area contributed by atoms with Crippen LogP contribution in [0.5, 0.6) is 5.75 Å². The van der Waals surface area contributed by atoms with E-state index in [0.717, 1.165) is 61.7 Å². The van der Waals surface area contributed by atoms with Crippen molar-refractivity contribution in [2.75, 3.05) is 24.6 Å². The van der Waals surface area contributed by atoms with E-state index in [1.165, 1.54) is 0 Å². The van der Waals surface area contributed by atoms with E-state index in [-0.39, 0.29) is 12.2 Å². The number of fused-ring (bicyclic) bond motifs is 2. The van der Waals surface area contributed by atoms with Crippen LogP contribution in [0.3, 0.4) is 0 Å². The van der Waals surface area contributed by atoms with Gasteiger partial charge in [0, 0.05) is 29.9 Å². The van der Waals surface area contributed by atoms with E-state index in [1.807, 2.05) is 0 Å². The maximum Gasteiger partial charge on any atom is 0.416 e. The number of allylic oxidation sites excluding steroid dienone is 1. The van der Waals surface area contributed by atoms with Crippen LogP contribution < -0.4 is 9.64 Å². The van der Waals surface area contributed by atoms with Crippen LogP contribution in [0.4, 0.5) is 18.9 Å². The second kappa shape index (κ2) is 4.42. The Labute approximate surface area is 121 Å². The van der Waals surface area contributed by atoms with Crippen LogP contribution >= 0.6 is 0 Å². The Morgan fingerprint density at radius 2 is 1.86 bits per heavy atom. The molecule has 0 radical (unpaired) electrons. The minimum Gasteiger partial charge on any atom is -0.488 e. The maximum absolute atomic E-state index is 13.2. The SMILES string of the molecule is FC(F)(F)C1=CCOc2c1cc1c3c2CCCN3CCC1. The van der Waals surface area contributed by atoms with E-state index < -0.39 is 11.7 Å². The summed E-state index contributed by atoms with van der Waals surface area (Å²) in [7, 11) is 0. The van der Waals surface area contributed by atoms with Crippen molar-refractivity contribution in [3.05, 3.63) is 28.8 Å². The normalized spacial score (nSPS) is 20.3. The monoisotopic (exact) mass is 295 g/mol. The Bertz CT molecular complexity index is 631. The topological polar surface area (TPSA) is 12.5 Å². The van der Waals surface area contributed by atoms with Crippen molar-refractivity contribution >= 4 is 11.3 Å². The molecular formula is C16H16F3NO. The minimum absolute atomic E-state index is 0.00757. The molecule has 0 aliphatic carbocycles. The lowest BCUT2D eigenvalue weighted by Crippen LogP contribution is -2.35. The number of benzene rings is 1. The van der Waals surface area contributed by atoms with Crippen LogP contribution in [-0.2, 0) is 12.8 Å². The Balaban J connectivity index is 1.95. The van der Waals surface area contributed by atoms with Crippen LogP contribution in [-0.4, -0.2) is 25.9 Å². The first-order valence-electron chi connectivity index (χ1n) is 7.40. The largest absolute Gasteiger partial charge is 0.488 e. The van der Waals surface area contributed by atoms with Crippen LogP contribution in [0.15, 0.2) is 12.1 Å². The molecule has 0 N–H and O–H groups in total. The lowest BCUT2D eigenvalue weighted by molar-refractivity contribution is -0.0697. The molecule has 3 heterocycles. The Hall–Kier alpha value is -1.65. The van der Waals surface area contributed by atoms with Gasteiger partial charge in [-0.2, -0.15) is 13.2 Å². The van der Waals surface area contributed by atoms with Gasteiger partial charge in [0.25, 0.3) is 0 Å². The summed E-state index contributed by atoms with van der Waals surface area (Å²) in [5.74, 6) is 0.468. The van der Waals surface area contributed by atoms with Gasteiger partial charge in [-0.1, -0.05) is 0 Å². The maximum atomic E-state index is 13.2. The fourth-order valence-electron chi connectivity index (χ4n) is 3.78. The van der Waals surface area contributed by atoms with Crippen molar-refractivity contribution in [3.8, 4) is 5.75 Å². The molecule has 5 heteroatoms. The van der Waals surface area contributed by atoms with Crippen molar-refractivity contribution in [2.45, 2.75) is 31.9 Å². The predicted octanol–water partition coefficient (Wildman–Crippen LogP) is 3.72.